The largest absolute Gasteiger partial charge is 0.366 e. The zero-order chi connectivity index (χ0) is 16.1. The van der Waals surface area contributed by atoms with Crippen LogP contribution in [0.15, 0.2) is 53.7 Å². The Balaban J connectivity index is 1.50. The van der Waals surface area contributed by atoms with E-state index in [1.807, 2.05) is 34.1 Å². The fourth-order valence-corrected chi connectivity index (χ4v) is 3.33. The summed E-state index contributed by atoms with van der Waals surface area (Å²) in [6, 6.07) is 12.4. The molecule has 0 N–H and O–H groups in total. The van der Waals surface area contributed by atoms with E-state index in [0.717, 1.165) is 5.03 Å². The fraction of sp³-hybridized carbons (Fsp3) is 0.294. The third-order valence-corrected chi connectivity index (χ3v) is 4.74. The Morgan fingerprint density at radius 2 is 1.83 bits per heavy atom. The van der Waals surface area contributed by atoms with Gasteiger partial charge in [-0.3, -0.25) is 4.79 Å². The van der Waals surface area contributed by atoms with Gasteiger partial charge >= 0.3 is 0 Å². The first kappa shape index (κ1) is 15.8. The smallest absolute Gasteiger partial charge is 0.233 e. The number of benzene rings is 1. The Morgan fingerprint density at radius 1 is 1.09 bits per heavy atom. The average molecular weight is 331 g/mol. The highest BCUT2D eigenvalue weighted by atomic mass is 32.2. The van der Waals surface area contributed by atoms with E-state index in [9.17, 15) is 9.18 Å². The molecular weight excluding hydrogens is 313 g/mol. The lowest BCUT2D eigenvalue weighted by Crippen LogP contribution is -2.49. The highest BCUT2D eigenvalue weighted by Gasteiger charge is 2.22. The van der Waals surface area contributed by atoms with E-state index in [0.29, 0.717) is 37.6 Å². The van der Waals surface area contributed by atoms with Crippen LogP contribution in [0.5, 0.6) is 0 Å². The summed E-state index contributed by atoms with van der Waals surface area (Å²) in [4.78, 5) is 20.3. The Kier molecular flexibility index (Phi) is 5.12. The Bertz CT molecular complexity index is 660. The molecule has 0 radical (unpaired) electrons. The summed E-state index contributed by atoms with van der Waals surface area (Å²) in [5.41, 5.74) is 0.613. The van der Waals surface area contributed by atoms with Gasteiger partial charge in [0.1, 0.15) is 5.82 Å². The summed E-state index contributed by atoms with van der Waals surface area (Å²) in [7, 11) is 0. The molecule has 1 aliphatic heterocycles. The average Bonchev–Trinajstić information content (AvgIpc) is 2.61. The number of pyridine rings is 1. The van der Waals surface area contributed by atoms with Gasteiger partial charge in [-0.05, 0) is 24.3 Å². The number of para-hydroxylation sites is 1. The first-order chi connectivity index (χ1) is 11.2. The topological polar surface area (TPSA) is 36.4 Å². The van der Waals surface area contributed by atoms with Crippen molar-refractivity contribution < 1.29 is 9.18 Å². The minimum absolute atomic E-state index is 0.105. The van der Waals surface area contributed by atoms with Crippen LogP contribution in [0.2, 0.25) is 0 Å². The van der Waals surface area contributed by atoms with Gasteiger partial charge in [-0.2, -0.15) is 0 Å². The maximum absolute atomic E-state index is 13.8. The van der Waals surface area contributed by atoms with Crippen molar-refractivity contribution in [3.8, 4) is 0 Å². The molecule has 1 aliphatic rings. The van der Waals surface area contributed by atoms with E-state index in [4.69, 9.17) is 0 Å². The van der Waals surface area contributed by atoms with Crippen molar-refractivity contribution in [2.75, 3.05) is 36.8 Å². The van der Waals surface area contributed by atoms with Crippen LogP contribution >= 0.6 is 11.8 Å². The molecule has 3 rings (SSSR count). The fourth-order valence-electron chi connectivity index (χ4n) is 2.56. The quantitative estimate of drug-likeness (QED) is 0.807. The Hall–Kier alpha value is -2.08. The molecule has 1 saturated heterocycles. The molecule has 1 amide bonds. The van der Waals surface area contributed by atoms with Crippen molar-refractivity contribution in [3.05, 3.63) is 54.5 Å². The van der Waals surface area contributed by atoms with E-state index in [-0.39, 0.29) is 11.7 Å². The summed E-state index contributed by atoms with van der Waals surface area (Å²) in [5, 5.41) is 0.853. The van der Waals surface area contributed by atoms with E-state index in [2.05, 4.69) is 4.98 Å². The molecule has 0 unspecified atom stereocenters. The molecule has 4 nitrogen and oxygen atoms in total. The van der Waals surface area contributed by atoms with Crippen molar-refractivity contribution >= 4 is 23.4 Å². The minimum atomic E-state index is -0.210. The molecule has 0 saturated carbocycles. The van der Waals surface area contributed by atoms with Gasteiger partial charge in [-0.1, -0.05) is 30.0 Å². The minimum Gasteiger partial charge on any atom is -0.366 e. The maximum atomic E-state index is 13.8. The summed E-state index contributed by atoms with van der Waals surface area (Å²) in [5.74, 6) is 0.281. The molecule has 1 aromatic heterocycles. The highest BCUT2D eigenvalue weighted by Crippen LogP contribution is 2.21. The van der Waals surface area contributed by atoms with Crippen molar-refractivity contribution in [2.24, 2.45) is 0 Å². The molecule has 6 heteroatoms. The lowest BCUT2D eigenvalue weighted by atomic mass is 10.2. The van der Waals surface area contributed by atoms with Crippen molar-refractivity contribution in [1.82, 2.24) is 9.88 Å². The van der Waals surface area contributed by atoms with Crippen LogP contribution in [0.1, 0.15) is 0 Å². The first-order valence-corrected chi connectivity index (χ1v) is 8.54. The SMILES string of the molecule is O=C(CSc1ccccn1)N1CCN(c2ccccc2F)CC1. The second-order valence-electron chi connectivity index (χ2n) is 5.28. The monoisotopic (exact) mass is 331 g/mol. The molecular formula is C17H18FN3OS. The summed E-state index contributed by atoms with van der Waals surface area (Å²) >= 11 is 1.45. The van der Waals surface area contributed by atoms with Crippen molar-refractivity contribution in [2.45, 2.75) is 5.03 Å². The van der Waals surface area contributed by atoms with Gasteiger partial charge in [0.05, 0.1) is 16.5 Å². The van der Waals surface area contributed by atoms with Gasteiger partial charge in [0.2, 0.25) is 5.91 Å². The van der Waals surface area contributed by atoms with Crippen molar-refractivity contribution in [3.63, 3.8) is 0 Å². The lowest BCUT2D eigenvalue weighted by Gasteiger charge is -2.36. The van der Waals surface area contributed by atoms with Gasteiger partial charge in [-0.25, -0.2) is 9.37 Å². The number of anilines is 1. The van der Waals surface area contributed by atoms with E-state index in [1.165, 1.54) is 17.8 Å². The van der Waals surface area contributed by atoms with Crippen LogP contribution in [-0.4, -0.2) is 47.7 Å². The predicted octanol–water partition coefficient (Wildman–Crippen LogP) is 2.66. The molecule has 0 aliphatic carbocycles. The van der Waals surface area contributed by atoms with Crippen LogP contribution in [-0.2, 0) is 4.79 Å². The van der Waals surface area contributed by atoms with Gasteiger partial charge in [0.15, 0.2) is 0 Å². The second-order valence-corrected chi connectivity index (χ2v) is 6.27. The number of nitrogens with zero attached hydrogens (tertiary/aromatic N) is 3. The molecule has 23 heavy (non-hydrogen) atoms. The molecule has 120 valence electrons. The van der Waals surface area contributed by atoms with Gasteiger partial charge in [0, 0.05) is 32.4 Å². The third-order valence-electron chi connectivity index (χ3n) is 3.81. The normalized spacial score (nSPS) is 14.8. The zero-order valence-electron chi connectivity index (χ0n) is 12.7. The van der Waals surface area contributed by atoms with Crippen LogP contribution < -0.4 is 4.90 Å². The number of piperazine rings is 1. The molecule has 1 fully saturated rings. The lowest BCUT2D eigenvalue weighted by molar-refractivity contribution is -0.128. The third kappa shape index (κ3) is 4.01. The number of hydrogen-bond donors (Lipinski definition) is 0. The predicted molar refractivity (Wildman–Crippen MR) is 90.2 cm³/mol. The van der Waals surface area contributed by atoms with Crippen LogP contribution in [0.25, 0.3) is 0 Å². The number of thioether (sulfide) groups is 1. The number of carbonyl (C=O) groups is 1. The van der Waals surface area contributed by atoms with Crippen LogP contribution in [0.4, 0.5) is 10.1 Å². The van der Waals surface area contributed by atoms with Crippen molar-refractivity contribution in [1.29, 1.82) is 0 Å². The van der Waals surface area contributed by atoms with Gasteiger partial charge < -0.3 is 9.80 Å². The van der Waals surface area contributed by atoms with Crippen LogP contribution in [0, 0.1) is 5.82 Å². The molecule has 0 atom stereocenters. The number of halogens is 1. The number of amides is 1. The van der Waals surface area contributed by atoms with E-state index >= 15 is 0 Å². The van der Waals surface area contributed by atoms with E-state index in [1.54, 1.807) is 18.3 Å². The number of carbonyl (C=O) groups excluding carboxylic acids is 1. The van der Waals surface area contributed by atoms with Crippen LogP contribution in [0.3, 0.4) is 0 Å². The summed E-state index contributed by atoms with van der Waals surface area (Å²) in [6.07, 6.45) is 1.72. The molecule has 1 aromatic carbocycles. The highest BCUT2D eigenvalue weighted by molar-refractivity contribution is 7.99. The number of hydrogen-bond acceptors (Lipinski definition) is 4. The second kappa shape index (κ2) is 7.46. The first-order valence-electron chi connectivity index (χ1n) is 7.55. The molecule has 2 aromatic rings. The van der Waals surface area contributed by atoms with Gasteiger partial charge in [-0.15, -0.1) is 0 Å². The standard InChI is InChI=1S/C17H18FN3OS/c18-14-5-1-2-6-15(14)20-9-11-21(12-10-20)17(22)13-23-16-7-3-4-8-19-16/h1-8H,9-13H2. The number of rotatable bonds is 4. The Morgan fingerprint density at radius 3 is 2.52 bits per heavy atom. The molecule has 0 spiro atoms. The summed E-state index contributed by atoms with van der Waals surface area (Å²) in [6.45, 7) is 2.55. The van der Waals surface area contributed by atoms with Gasteiger partial charge in [0.25, 0.3) is 0 Å². The zero-order valence-corrected chi connectivity index (χ0v) is 13.5. The van der Waals surface area contributed by atoms with E-state index < -0.39 is 0 Å². The molecule has 2 heterocycles. The summed E-state index contributed by atoms with van der Waals surface area (Å²) < 4.78 is 13.8. The molecule has 0 bridgehead atoms. The maximum Gasteiger partial charge on any atom is 0.233 e. The number of aromatic nitrogens is 1. The Labute approximate surface area is 139 Å².